The standard InChI is InChI=1S/C23H21FN4O/c1-4-16-9-11-17(12-10-16)28-22-21(15(3)27-28)18(13-14(2)25-22)23(29)26-20-8-6-5-7-19(20)24/h5-13H,4H2,1-3H3,(H,26,29). The van der Waals surface area contributed by atoms with Gasteiger partial charge in [-0.05, 0) is 56.2 Å². The second kappa shape index (κ2) is 7.47. The Bertz CT molecular complexity index is 1210. The monoisotopic (exact) mass is 388 g/mol. The molecule has 4 rings (SSSR count). The Morgan fingerprint density at radius 1 is 1.10 bits per heavy atom. The van der Waals surface area contributed by atoms with Gasteiger partial charge in [-0.15, -0.1) is 0 Å². The van der Waals surface area contributed by atoms with E-state index in [0.717, 1.165) is 12.1 Å². The molecule has 29 heavy (non-hydrogen) atoms. The van der Waals surface area contributed by atoms with Crippen molar-refractivity contribution >= 4 is 22.6 Å². The summed E-state index contributed by atoms with van der Waals surface area (Å²) in [7, 11) is 0. The van der Waals surface area contributed by atoms with Crippen LogP contribution in [0, 0.1) is 19.7 Å². The summed E-state index contributed by atoms with van der Waals surface area (Å²) < 4.78 is 15.7. The second-order valence-corrected chi connectivity index (χ2v) is 6.96. The number of para-hydroxylation sites is 1. The van der Waals surface area contributed by atoms with Crippen LogP contribution in [0.3, 0.4) is 0 Å². The van der Waals surface area contributed by atoms with Crippen LogP contribution in [0.15, 0.2) is 54.6 Å². The van der Waals surface area contributed by atoms with Crippen LogP contribution >= 0.6 is 0 Å². The minimum atomic E-state index is -0.480. The van der Waals surface area contributed by atoms with Crippen LogP contribution in [0.25, 0.3) is 16.7 Å². The number of nitrogens with one attached hydrogen (secondary N) is 1. The molecule has 6 heteroatoms. The number of amides is 1. The van der Waals surface area contributed by atoms with Crippen molar-refractivity contribution in [3.8, 4) is 5.69 Å². The summed E-state index contributed by atoms with van der Waals surface area (Å²) in [6.45, 7) is 5.77. The van der Waals surface area contributed by atoms with E-state index in [0.29, 0.717) is 28.0 Å². The third-order valence-corrected chi connectivity index (χ3v) is 4.90. The lowest BCUT2D eigenvalue weighted by molar-refractivity contribution is 0.102. The second-order valence-electron chi connectivity index (χ2n) is 6.96. The molecule has 0 aliphatic carbocycles. The number of aryl methyl sites for hydroxylation is 3. The van der Waals surface area contributed by atoms with Crippen LogP contribution in [0.2, 0.25) is 0 Å². The number of anilines is 1. The van der Waals surface area contributed by atoms with Crippen molar-refractivity contribution in [3.63, 3.8) is 0 Å². The number of nitrogens with zero attached hydrogens (tertiary/aromatic N) is 3. The minimum absolute atomic E-state index is 0.139. The molecular formula is C23H21FN4O. The topological polar surface area (TPSA) is 59.8 Å². The van der Waals surface area contributed by atoms with Crippen LogP contribution in [-0.2, 0) is 6.42 Å². The van der Waals surface area contributed by atoms with Crippen molar-refractivity contribution in [2.45, 2.75) is 27.2 Å². The number of benzene rings is 2. The molecule has 146 valence electrons. The molecule has 1 N–H and O–H groups in total. The zero-order valence-electron chi connectivity index (χ0n) is 16.5. The number of hydrogen-bond donors (Lipinski definition) is 1. The maximum Gasteiger partial charge on any atom is 0.256 e. The van der Waals surface area contributed by atoms with Crippen LogP contribution < -0.4 is 5.32 Å². The molecule has 0 bridgehead atoms. The number of aromatic nitrogens is 3. The first kappa shape index (κ1) is 18.8. The van der Waals surface area contributed by atoms with E-state index < -0.39 is 11.7 Å². The summed E-state index contributed by atoms with van der Waals surface area (Å²) in [5, 5.41) is 7.94. The van der Waals surface area contributed by atoms with Gasteiger partial charge in [0.2, 0.25) is 0 Å². The summed E-state index contributed by atoms with van der Waals surface area (Å²) in [5.41, 5.74) is 4.64. The summed E-state index contributed by atoms with van der Waals surface area (Å²) in [5.74, 6) is -0.874. The van der Waals surface area contributed by atoms with Crippen molar-refractivity contribution in [2.24, 2.45) is 0 Å². The first-order valence-corrected chi connectivity index (χ1v) is 9.50. The van der Waals surface area contributed by atoms with E-state index >= 15 is 0 Å². The minimum Gasteiger partial charge on any atom is -0.319 e. The first-order chi connectivity index (χ1) is 14.0. The highest BCUT2D eigenvalue weighted by atomic mass is 19.1. The van der Waals surface area contributed by atoms with E-state index in [1.54, 1.807) is 22.9 Å². The van der Waals surface area contributed by atoms with Crippen molar-refractivity contribution in [1.29, 1.82) is 0 Å². The lowest BCUT2D eigenvalue weighted by Gasteiger charge is -2.09. The number of carbonyl (C=O) groups is 1. The molecule has 0 saturated carbocycles. The van der Waals surface area contributed by atoms with E-state index in [2.05, 4.69) is 34.5 Å². The van der Waals surface area contributed by atoms with E-state index in [4.69, 9.17) is 0 Å². The van der Waals surface area contributed by atoms with Gasteiger partial charge in [-0.2, -0.15) is 5.10 Å². The molecule has 0 saturated heterocycles. The summed E-state index contributed by atoms with van der Waals surface area (Å²) in [4.78, 5) is 17.6. The Balaban J connectivity index is 1.82. The maximum atomic E-state index is 14.0. The average molecular weight is 388 g/mol. The summed E-state index contributed by atoms with van der Waals surface area (Å²) in [6, 6.07) is 15.9. The fourth-order valence-corrected chi connectivity index (χ4v) is 3.40. The van der Waals surface area contributed by atoms with Gasteiger partial charge in [-0.3, -0.25) is 4.79 Å². The highest BCUT2D eigenvalue weighted by Gasteiger charge is 2.20. The van der Waals surface area contributed by atoms with Crippen LogP contribution in [0.1, 0.15) is 34.2 Å². The molecule has 0 radical (unpaired) electrons. The number of carbonyl (C=O) groups excluding carboxylic acids is 1. The fourth-order valence-electron chi connectivity index (χ4n) is 3.40. The van der Waals surface area contributed by atoms with Crippen LogP contribution in [0.4, 0.5) is 10.1 Å². The summed E-state index contributed by atoms with van der Waals surface area (Å²) >= 11 is 0. The van der Waals surface area contributed by atoms with E-state index in [1.165, 1.54) is 17.7 Å². The van der Waals surface area contributed by atoms with Gasteiger partial charge in [0, 0.05) is 5.69 Å². The number of halogens is 1. The largest absolute Gasteiger partial charge is 0.319 e. The highest BCUT2D eigenvalue weighted by molar-refractivity contribution is 6.12. The molecule has 2 aromatic heterocycles. The third-order valence-electron chi connectivity index (χ3n) is 4.90. The first-order valence-electron chi connectivity index (χ1n) is 9.50. The SMILES string of the molecule is CCc1ccc(-n2nc(C)c3c(C(=O)Nc4ccccc4F)cc(C)nc32)cc1. The Hall–Kier alpha value is -3.54. The molecule has 1 amide bonds. The van der Waals surface area contributed by atoms with Crippen molar-refractivity contribution in [3.05, 3.63) is 82.9 Å². The fraction of sp³-hybridized carbons (Fsp3) is 0.174. The Labute approximate surface area is 168 Å². The molecule has 0 fully saturated rings. The quantitative estimate of drug-likeness (QED) is 0.536. The lowest BCUT2D eigenvalue weighted by Crippen LogP contribution is -2.14. The van der Waals surface area contributed by atoms with Gasteiger partial charge in [0.25, 0.3) is 5.91 Å². The highest BCUT2D eigenvalue weighted by Crippen LogP contribution is 2.26. The molecular weight excluding hydrogens is 367 g/mol. The summed E-state index contributed by atoms with van der Waals surface area (Å²) in [6.07, 6.45) is 0.955. The van der Waals surface area contributed by atoms with Crippen molar-refractivity contribution in [2.75, 3.05) is 5.32 Å². The molecule has 0 spiro atoms. The number of fused-ring (bicyclic) bond motifs is 1. The van der Waals surface area contributed by atoms with Gasteiger partial charge in [0.05, 0.1) is 28.0 Å². The predicted octanol–water partition coefficient (Wildman–Crippen LogP) is 4.99. The smallest absolute Gasteiger partial charge is 0.256 e. The molecule has 0 aliphatic rings. The van der Waals surface area contributed by atoms with Gasteiger partial charge >= 0.3 is 0 Å². The maximum absolute atomic E-state index is 14.0. The number of pyridine rings is 1. The molecule has 5 nitrogen and oxygen atoms in total. The van der Waals surface area contributed by atoms with Crippen LogP contribution in [-0.4, -0.2) is 20.7 Å². The van der Waals surface area contributed by atoms with Gasteiger partial charge in [-0.1, -0.05) is 31.2 Å². The molecule has 2 aromatic carbocycles. The molecule has 2 heterocycles. The normalized spacial score (nSPS) is 11.0. The zero-order chi connectivity index (χ0) is 20.5. The van der Waals surface area contributed by atoms with Crippen molar-refractivity contribution < 1.29 is 9.18 Å². The number of hydrogen-bond acceptors (Lipinski definition) is 3. The Morgan fingerprint density at radius 3 is 2.52 bits per heavy atom. The average Bonchev–Trinajstić information content (AvgIpc) is 3.05. The van der Waals surface area contributed by atoms with Gasteiger partial charge in [0.15, 0.2) is 5.65 Å². The Kier molecular flexibility index (Phi) is 4.84. The van der Waals surface area contributed by atoms with Gasteiger partial charge in [0.1, 0.15) is 5.82 Å². The van der Waals surface area contributed by atoms with E-state index in [1.807, 2.05) is 26.0 Å². The molecule has 0 unspecified atom stereocenters. The lowest BCUT2D eigenvalue weighted by atomic mass is 10.1. The molecule has 4 aromatic rings. The third kappa shape index (κ3) is 3.49. The predicted molar refractivity (Wildman–Crippen MR) is 112 cm³/mol. The van der Waals surface area contributed by atoms with E-state index in [-0.39, 0.29) is 5.69 Å². The Morgan fingerprint density at radius 2 is 1.83 bits per heavy atom. The zero-order valence-corrected chi connectivity index (χ0v) is 16.5. The van der Waals surface area contributed by atoms with Crippen molar-refractivity contribution in [1.82, 2.24) is 14.8 Å². The number of rotatable bonds is 4. The molecule has 0 aliphatic heterocycles. The van der Waals surface area contributed by atoms with E-state index in [9.17, 15) is 9.18 Å². The van der Waals surface area contributed by atoms with Crippen LogP contribution in [0.5, 0.6) is 0 Å². The van der Waals surface area contributed by atoms with Gasteiger partial charge in [-0.25, -0.2) is 14.1 Å². The van der Waals surface area contributed by atoms with Gasteiger partial charge < -0.3 is 5.32 Å². The molecule has 0 atom stereocenters.